The van der Waals surface area contributed by atoms with E-state index in [9.17, 15) is 9.18 Å². The standard InChI is InChI=1S/C14H14FN3O/c1-9-6-7-11(8-12(9)15)17-14(19)18-13-5-3-4-10(2)16-13/h3-8H,1-2H3,(H2,16,17,18,19). The molecule has 0 saturated carbocycles. The summed E-state index contributed by atoms with van der Waals surface area (Å²) >= 11 is 0. The lowest BCUT2D eigenvalue weighted by Crippen LogP contribution is -2.20. The molecule has 5 heteroatoms. The Morgan fingerprint density at radius 3 is 2.63 bits per heavy atom. The number of halogens is 1. The van der Waals surface area contributed by atoms with Gasteiger partial charge in [-0.15, -0.1) is 0 Å². The van der Waals surface area contributed by atoms with E-state index in [1.165, 1.54) is 6.07 Å². The second kappa shape index (κ2) is 5.48. The number of aryl methyl sites for hydroxylation is 2. The van der Waals surface area contributed by atoms with Gasteiger partial charge in [0.2, 0.25) is 0 Å². The zero-order valence-electron chi connectivity index (χ0n) is 10.7. The predicted molar refractivity (Wildman–Crippen MR) is 72.8 cm³/mol. The summed E-state index contributed by atoms with van der Waals surface area (Å²) in [5.74, 6) is 0.0940. The first-order valence-corrected chi connectivity index (χ1v) is 5.82. The van der Waals surface area contributed by atoms with E-state index in [4.69, 9.17) is 0 Å². The van der Waals surface area contributed by atoms with E-state index in [0.29, 0.717) is 17.1 Å². The molecule has 2 amide bonds. The molecule has 0 unspecified atom stereocenters. The molecule has 1 heterocycles. The van der Waals surface area contributed by atoms with Gasteiger partial charge in [-0.3, -0.25) is 5.32 Å². The van der Waals surface area contributed by atoms with Crippen LogP contribution in [0.25, 0.3) is 0 Å². The molecule has 98 valence electrons. The van der Waals surface area contributed by atoms with Gasteiger partial charge in [0.15, 0.2) is 0 Å². The number of hydrogen-bond acceptors (Lipinski definition) is 2. The fourth-order valence-electron chi connectivity index (χ4n) is 1.56. The van der Waals surface area contributed by atoms with Crippen molar-refractivity contribution in [1.82, 2.24) is 4.98 Å². The number of anilines is 2. The molecule has 0 bridgehead atoms. The largest absolute Gasteiger partial charge is 0.324 e. The minimum Gasteiger partial charge on any atom is -0.308 e. The van der Waals surface area contributed by atoms with Crippen LogP contribution in [0.3, 0.4) is 0 Å². The van der Waals surface area contributed by atoms with Crippen molar-refractivity contribution in [3.63, 3.8) is 0 Å². The topological polar surface area (TPSA) is 54.0 Å². The molecule has 0 radical (unpaired) electrons. The van der Waals surface area contributed by atoms with Gasteiger partial charge in [0.1, 0.15) is 11.6 Å². The van der Waals surface area contributed by atoms with Crippen molar-refractivity contribution in [3.8, 4) is 0 Å². The average molecular weight is 259 g/mol. The Morgan fingerprint density at radius 1 is 1.16 bits per heavy atom. The van der Waals surface area contributed by atoms with Gasteiger partial charge in [-0.2, -0.15) is 0 Å². The number of carbonyl (C=O) groups is 1. The smallest absolute Gasteiger partial charge is 0.308 e. The van der Waals surface area contributed by atoms with Gasteiger partial charge < -0.3 is 5.32 Å². The summed E-state index contributed by atoms with van der Waals surface area (Å²) in [5.41, 5.74) is 1.73. The van der Waals surface area contributed by atoms with Crippen LogP contribution in [0.4, 0.5) is 20.7 Å². The Hall–Kier alpha value is -2.43. The van der Waals surface area contributed by atoms with Crippen molar-refractivity contribution in [2.45, 2.75) is 13.8 Å². The quantitative estimate of drug-likeness (QED) is 0.867. The number of benzene rings is 1. The van der Waals surface area contributed by atoms with Crippen molar-refractivity contribution in [2.24, 2.45) is 0 Å². The molecule has 1 aromatic carbocycles. The summed E-state index contributed by atoms with van der Waals surface area (Å²) < 4.78 is 13.3. The maximum absolute atomic E-state index is 13.3. The summed E-state index contributed by atoms with van der Waals surface area (Å²) in [5, 5.41) is 5.13. The van der Waals surface area contributed by atoms with Crippen molar-refractivity contribution < 1.29 is 9.18 Å². The number of nitrogens with zero attached hydrogens (tertiary/aromatic N) is 1. The molecule has 4 nitrogen and oxygen atoms in total. The predicted octanol–water partition coefficient (Wildman–Crippen LogP) is 3.48. The normalized spacial score (nSPS) is 10.1. The van der Waals surface area contributed by atoms with Gasteiger partial charge in [0.25, 0.3) is 0 Å². The van der Waals surface area contributed by atoms with Gasteiger partial charge in [0, 0.05) is 11.4 Å². The Bertz CT molecular complexity index is 613. The minimum absolute atomic E-state index is 0.355. The SMILES string of the molecule is Cc1cccc(NC(=O)Nc2ccc(C)c(F)c2)n1. The van der Waals surface area contributed by atoms with Crippen LogP contribution in [0, 0.1) is 19.7 Å². The molecule has 0 spiro atoms. The third-order valence-electron chi connectivity index (χ3n) is 2.56. The van der Waals surface area contributed by atoms with E-state index in [1.807, 2.05) is 13.0 Å². The van der Waals surface area contributed by atoms with Crippen molar-refractivity contribution in [2.75, 3.05) is 10.6 Å². The number of carbonyl (C=O) groups excluding carboxylic acids is 1. The summed E-state index contributed by atoms with van der Waals surface area (Å²) in [6, 6.07) is 9.38. The van der Waals surface area contributed by atoms with Gasteiger partial charge in [0.05, 0.1) is 0 Å². The second-order valence-corrected chi connectivity index (χ2v) is 4.21. The second-order valence-electron chi connectivity index (χ2n) is 4.21. The van der Waals surface area contributed by atoms with Gasteiger partial charge in [-0.25, -0.2) is 14.2 Å². The van der Waals surface area contributed by atoms with Gasteiger partial charge >= 0.3 is 6.03 Å². The highest BCUT2D eigenvalue weighted by atomic mass is 19.1. The van der Waals surface area contributed by atoms with Crippen LogP contribution in [0.15, 0.2) is 36.4 Å². The molecule has 2 aromatic rings. The molecule has 0 fully saturated rings. The first-order chi connectivity index (χ1) is 9.04. The van der Waals surface area contributed by atoms with E-state index in [2.05, 4.69) is 15.6 Å². The molecule has 2 N–H and O–H groups in total. The number of hydrogen-bond donors (Lipinski definition) is 2. The molecule has 2 rings (SSSR count). The summed E-state index contributed by atoms with van der Waals surface area (Å²) in [6.45, 7) is 3.49. The van der Waals surface area contributed by atoms with Gasteiger partial charge in [-0.05, 0) is 43.7 Å². The Labute approximate surface area is 110 Å². The molecule has 0 saturated heterocycles. The first-order valence-electron chi connectivity index (χ1n) is 5.82. The van der Waals surface area contributed by atoms with Crippen molar-refractivity contribution in [1.29, 1.82) is 0 Å². The highest BCUT2D eigenvalue weighted by Crippen LogP contribution is 2.14. The maximum Gasteiger partial charge on any atom is 0.324 e. The van der Waals surface area contributed by atoms with E-state index in [1.54, 1.807) is 31.2 Å². The van der Waals surface area contributed by atoms with E-state index in [-0.39, 0.29) is 5.82 Å². The lowest BCUT2D eigenvalue weighted by atomic mass is 10.2. The molecule has 19 heavy (non-hydrogen) atoms. The summed E-state index contributed by atoms with van der Waals surface area (Å²) in [6.07, 6.45) is 0. The number of urea groups is 1. The number of nitrogens with one attached hydrogen (secondary N) is 2. The third-order valence-corrected chi connectivity index (χ3v) is 2.56. The van der Waals surface area contributed by atoms with E-state index < -0.39 is 6.03 Å². The van der Waals surface area contributed by atoms with Crippen LogP contribution >= 0.6 is 0 Å². The molecule has 0 atom stereocenters. The molecule has 0 aliphatic carbocycles. The zero-order chi connectivity index (χ0) is 13.8. The zero-order valence-corrected chi connectivity index (χ0v) is 10.7. The lowest BCUT2D eigenvalue weighted by Gasteiger charge is -2.08. The van der Waals surface area contributed by atoms with Crippen molar-refractivity contribution >= 4 is 17.5 Å². The monoisotopic (exact) mass is 259 g/mol. The van der Waals surface area contributed by atoms with Crippen LogP contribution in [0.2, 0.25) is 0 Å². The van der Waals surface area contributed by atoms with Crippen LogP contribution < -0.4 is 10.6 Å². The van der Waals surface area contributed by atoms with Crippen LogP contribution in [-0.4, -0.2) is 11.0 Å². The molecular weight excluding hydrogens is 245 g/mol. The number of rotatable bonds is 2. The number of pyridine rings is 1. The Kier molecular flexibility index (Phi) is 3.75. The molecule has 0 aliphatic heterocycles. The Morgan fingerprint density at radius 2 is 1.95 bits per heavy atom. The summed E-state index contributed by atoms with van der Waals surface area (Å²) in [7, 11) is 0. The van der Waals surface area contributed by atoms with E-state index in [0.717, 1.165) is 5.69 Å². The van der Waals surface area contributed by atoms with Crippen LogP contribution in [0.5, 0.6) is 0 Å². The minimum atomic E-state index is -0.457. The van der Waals surface area contributed by atoms with Crippen LogP contribution in [0.1, 0.15) is 11.3 Å². The fraction of sp³-hybridized carbons (Fsp3) is 0.143. The molecule has 1 aromatic heterocycles. The fourth-order valence-corrected chi connectivity index (χ4v) is 1.56. The van der Waals surface area contributed by atoms with Crippen molar-refractivity contribution in [3.05, 3.63) is 53.5 Å². The van der Waals surface area contributed by atoms with Crippen LogP contribution in [-0.2, 0) is 0 Å². The molecular formula is C14H14FN3O. The summed E-state index contributed by atoms with van der Waals surface area (Å²) in [4.78, 5) is 15.8. The number of aromatic nitrogens is 1. The lowest BCUT2D eigenvalue weighted by molar-refractivity contribution is 0.262. The van der Waals surface area contributed by atoms with E-state index >= 15 is 0 Å². The highest BCUT2D eigenvalue weighted by Gasteiger charge is 2.05. The maximum atomic E-state index is 13.3. The average Bonchev–Trinajstić information content (AvgIpc) is 2.34. The number of amides is 2. The Balaban J connectivity index is 2.03. The molecule has 0 aliphatic rings. The highest BCUT2D eigenvalue weighted by molar-refractivity contribution is 5.99. The third kappa shape index (κ3) is 3.51. The van der Waals surface area contributed by atoms with Gasteiger partial charge in [-0.1, -0.05) is 12.1 Å². The first kappa shape index (κ1) is 13.0.